The van der Waals surface area contributed by atoms with Gasteiger partial charge in [-0.05, 0) is 51.0 Å². The van der Waals surface area contributed by atoms with Gasteiger partial charge < -0.3 is 10.6 Å². The molecule has 0 aromatic heterocycles. The van der Waals surface area contributed by atoms with Crippen LogP contribution in [0.2, 0.25) is 0 Å². The van der Waals surface area contributed by atoms with Gasteiger partial charge in [0.25, 0.3) is 5.91 Å². The van der Waals surface area contributed by atoms with Gasteiger partial charge in [-0.3, -0.25) is 9.59 Å². The van der Waals surface area contributed by atoms with E-state index >= 15 is 0 Å². The molecule has 1 saturated carbocycles. The number of benzene rings is 1. The van der Waals surface area contributed by atoms with Gasteiger partial charge in [0, 0.05) is 23.2 Å². The number of anilines is 1. The third kappa shape index (κ3) is 3.32. The van der Waals surface area contributed by atoms with Crippen molar-refractivity contribution in [1.82, 2.24) is 5.32 Å². The zero-order valence-corrected chi connectivity index (χ0v) is 10.7. The number of hydrogen-bond acceptors (Lipinski definition) is 2. The summed E-state index contributed by atoms with van der Waals surface area (Å²) in [6.07, 6.45) is 1.97. The summed E-state index contributed by atoms with van der Waals surface area (Å²) in [5, 5.41) is 5.66. The first kappa shape index (κ1) is 12.6. The fourth-order valence-corrected chi connectivity index (χ4v) is 1.64. The van der Waals surface area contributed by atoms with Gasteiger partial charge in [-0.1, -0.05) is 0 Å². The third-order valence-corrected chi connectivity index (χ3v) is 2.78. The second kappa shape index (κ2) is 5.21. The number of carbonyl (C=O) groups excluding carboxylic acids is 2. The average molecular weight is 246 g/mol. The number of carbonyl (C=O) groups is 2. The molecule has 0 heterocycles. The molecule has 1 fully saturated rings. The first-order valence-electron chi connectivity index (χ1n) is 6.28. The smallest absolute Gasteiger partial charge is 0.251 e. The van der Waals surface area contributed by atoms with E-state index in [0.717, 1.165) is 18.5 Å². The van der Waals surface area contributed by atoms with Gasteiger partial charge in [0.1, 0.15) is 0 Å². The summed E-state index contributed by atoms with van der Waals surface area (Å²) in [6, 6.07) is 7.08. The molecular formula is C14H18N2O2. The first-order valence-corrected chi connectivity index (χ1v) is 6.28. The molecule has 4 heteroatoms. The van der Waals surface area contributed by atoms with Crippen LogP contribution in [0.15, 0.2) is 24.3 Å². The molecule has 0 aliphatic heterocycles. The lowest BCUT2D eigenvalue weighted by atomic mass is 10.2. The minimum Gasteiger partial charge on any atom is -0.350 e. The molecule has 0 bridgehead atoms. The Morgan fingerprint density at radius 2 is 1.78 bits per heavy atom. The predicted octanol–water partition coefficient (Wildman–Crippen LogP) is 2.17. The first-order chi connectivity index (χ1) is 8.56. The number of hydrogen-bond donors (Lipinski definition) is 2. The Hall–Kier alpha value is -1.84. The molecule has 96 valence electrons. The molecule has 0 atom stereocenters. The molecule has 4 nitrogen and oxygen atoms in total. The number of nitrogens with one attached hydrogen (secondary N) is 2. The summed E-state index contributed by atoms with van der Waals surface area (Å²) in [5.41, 5.74) is 1.35. The van der Waals surface area contributed by atoms with E-state index in [2.05, 4.69) is 10.6 Å². The van der Waals surface area contributed by atoms with Gasteiger partial charge in [-0.25, -0.2) is 0 Å². The monoisotopic (exact) mass is 246 g/mol. The summed E-state index contributed by atoms with van der Waals surface area (Å²) in [7, 11) is 0. The molecule has 0 spiro atoms. The molecule has 0 unspecified atom stereocenters. The average Bonchev–Trinajstić information content (AvgIpc) is 3.12. The van der Waals surface area contributed by atoms with Crippen LogP contribution in [0.3, 0.4) is 0 Å². The van der Waals surface area contributed by atoms with Crippen molar-refractivity contribution in [3.05, 3.63) is 29.8 Å². The molecule has 0 saturated heterocycles. The normalized spacial score (nSPS) is 14.4. The van der Waals surface area contributed by atoms with E-state index in [9.17, 15) is 9.59 Å². The molecule has 2 amide bonds. The van der Waals surface area contributed by atoms with Crippen molar-refractivity contribution in [3.8, 4) is 0 Å². The van der Waals surface area contributed by atoms with Crippen molar-refractivity contribution >= 4 is 17.5 Å². The van der Waals surface area contributed by atoms with Crippen LogP contribution in [0.4, 0.5) is 5.69 Å². The Bertz CT molecular complexity index is 447. The van der Waals surface area contributed by atoms with Crippen molar-refractivity contribution in [2.45, 2.75) is 32.7 Å². The van der Waals surface area contributed by atoms with Gasteiger partial charge in [-0.2, -0.15) is 0 Å². The topological polar surface area (TPSA) is 58.2 Å². The maximum absolute atomic E-state index is 11.7. The molecule has 1 aliphatic carbocycles. The summed E-state index contributed by atoms with van der Waals surface area (Å²) >= 11 is 0. The van der Waals surface area contributed by atoms with E-state index in [4.69, 9.17) is 0 Å². The molecule has 18 heavy (non-hydrogen) atoms. The molecule has 2 N–H and O–H groups in total. The predicted molar refractivity (Wildman–Crippen MR) is 70.4 cm³/mol. The van der Waals surface area contributed by atoms with Crippen LogP contribution in [0, 0.1) is 5.92 Å². The maximum atomic E-state index is 11.7. The van der Waals surface area contributed by atoms with Crippen molar-refractivity contribution < 1.29 is 9.59 Å². The highest BCUT2D eigenvalue weighted by atomic mass is 16.2. The van der Waals surface area contributed by atoms with Crippen LogP contribution in [0.1, 0.15) is 37.0 Å². The molecule has 1 aliphatic rings. The largest absolute Gasteiger partial charge is 0.350 e. The fourth-order valence-electron chi connectivity index (χ4n) is 1.64. The highest BCUT2D eigenvalue weighted by Crippen LogP contribution is 2.30. The second-order valence-electron chi connectivity index (χ2n) is 4.97. The lowest BCUT2D eigenvalue weighted by Gasteiger charge is -2.09. The molecule has 2 rings (SSSR count). The maximum Gasteiger partial charge on any atom is 0.251 e. The van der Waals surface area contributed by atoms with E-state index in [1.807, 2.05) is 13.8 Å². The highest BCUT2D eigenvalue weighted by molar-refractivity contribution is 5.96. The summed E-state index contributed by atoms with van der Waals surface area (Å²) in [6.45, 7) is 3.84. The standard InChI is InChI=1S/C14H18N2O2/c1-9(2)15-13(17)11-5-7-12(8-6-11)16-14(18)10-3-4-10/h5-10H,3-4H2,1-2H3,(H,15,17)(H,16,18). The number of rotatable bonds is 4. The Balaban J connectivity index is 1.96. The van der Waals surface area contributed by atoms with Crippen LogP contribution in [0.5, 0.6) is 0 Å². The van der Waals surface area contributed by atoms with Crippen LogP contribution < -0.4 is 10.6 Å². The summed E-state index contributed by atoms with van der Waals surface area (Å²) in [4.78, 5) is 23.3. The quantitative estimate of drug-likeness (QED) is 0.855. The van der Waals surface area contributed by atoms with Gasteiger partial charge in [0.2, 0.25) is 5.91 Å². The van der Waals surface area contributed by atoms with E-state index < -0.39 is 0 Å². The van der Waals surface area contributed by atoms with Crippen LogP contribution in [0.25, 0.3) is 0 Å². The van der Waals surface area contributed by atoms with Crippen molar-refractivity contribution in [2.24, 2.45) is 5.92 Å². The minimum absolute atomic E-state index is 0.0781. The van der Waals surface area contributed by atoms with Crippen molar-refractivity contribution in [1.29, 1.82) is 0 Å². The minimum atomic E-state index is -0.0925. The zero-order valence-electron chi connectivity index (χ0n) is 10.7. The molecular weight excluding hydrogens is 228 g/mol. The SMILES string of the molecule is CC(C)NC(=O)c1ccc(NC(=O)C2CC2)cc1. The van der Waals surface area contributed by atoms with Crippen molar-refractivity contribution in [2.75, 3.05) is 5.32 Å². The summed E-state index contributed by atoms with van der Waals surface area (Å²) in [5.74, 6) is 0.174. The Kier molecular flexibility index (Phi) is 3.65. The van der Waals surface area contributed by atoms with Gasteiger partial charge >= 0.3 is 0 Å². The van der Waals surface area contributed by atoms with E-state index in [0.29, 0.717) is 5.56 Å². The summed E-state index contributed by atoms with van der Waals surface area (Å²) < 4.78 is 0. The van der Waals surface area contributed by atoms with Crippen LogP contribution >= 0.6 is 0 Å². The van der Waals surface area contributed by atoms with Crippen LogP contribution in [-0.2, 0) is 4.79 Å². The zero-order chi connectivity index (χ0) is 13.1. The van der Waals surface area contributed by atoms with Gasteiger partial charge in [-0.15, -0.1) is 0 Å². The molecule has 1 aromatic rings. The van der Waals surface area contributed by atoms with E-state index in [1.54, 1.807) is 24.3 Å². The molecule has 1 aromatic carbocycles. The fraction of sp³-hybridized carbons (Fsp3) is 0.429. The van der Waals surface area contributed by atoms with E-state index in [-0.39, 0.29) is 23.8 Å². The third-order valence-electron chi connectivity index (χ3n) is 2.78. The molecule has 0 radical (unpaired) electrons. The lowest BCUT2D eigenvalue weighted by molar-refractivity contribution is -0.117. The Morgan fingerprint density at radius 1 is 1.17 bits per heavy atom. The van der Waals surface area contributed by atoms with Crippen LogP contribution in [-0.4, -0.2) is 17.9 Å². The van der Waals surface area contributed by atoms with Gasteiger partial charge in [0.15, 0.2) is 0 Å². The Labute approximate surface area is 107 Å². The Morgan fingerprint density at radius 3 is 2.28 bits per heavy atom. The number of amides is 2. The van der Waals surface area contributed by atoms with Crippen molar-refractivity contribution in [3.63, 3.8) is 0 Å². The lowest BCUT2D eigenvalue weighted by Crippen LogP contribution is -2.30. The second-order valence-corrected chi connectivity index (χ2v) is 4.97. The van der Waals surface area contributed by atoms with E-state index in [1.165, 1.54) is 0 Å². The van der Waals surface area contributed by atoms with Gasteiger partial charge in [0.05, 0.1) is 0 Å². The highest BCUT2D eigenvalue weighted by Gasteiger charge is 2.29.